The summed E-state index contributed by atoms with van der Waals surface area (Å²) in [4.78, 5) is 19.3. The molecule has 1 aliphatic heterocycles. The standard InChI is InChI=1S/C19H16ClFN2O2S/c1-3-23-18(24)17(11-12-4-9-16(25-2)15(20)10-12)26-19(23)22-14-7-5-13(21)6-8-14/h4-11H,3H2,1-2H3/b17-11+,22-19?. The molecule has 1 amide bonds. The molecular weight excluding hydrogens is 375 g/mol. The van der Waals surface area contributed by atoms with Gasteiger partial charge in [0.2, 0.25) is 0 Å². The van der Waals surface area contributed by atoms with Crippen LogP contribution in [0.3, 0.4) is 0 Å². The number of thioether (sulfide) groups is 1. The van der Waals surface area contributed by atoms with Crippen LogP contribution in [0, 0.1) is 5.82 Å². The number of amidine groups is 1. The summed E-state index contributed by atoms with van der Waals surface area (Å²) in [6.45, 7) is 2.37. The molecule has 0 N–H and O–H groups in total. The van der Waals surface area contributed by atoms with Gasteiger partial charge in [-0.2, -0.15) is 0 Å². The van der Waals surface area contributed by atoms with Crippen molar-refractivity contribution < 1.29 is 13.9 Å². The summed E-state index contributed by atoms with van der Waals surface area (Å²) < 4.78 is 18.2. The first-order valence-electron chi connectivity index (χ1n) is 7.91. The van der Waals surface area contributed by atoms with Crippen LogP contribution in [0.4, 0.5) is 10.1 Å². The lowest BCUT2D eigenvalue weighted by molar-refractivity contribution is -0.122. The highest BCUT2D eigenvalue weighted by molar-refractivity contribution is 8.18. The molecule has 3 rings (SSSR count). The van der Waals surface area contributed by atoms with Gasteiger partial charge in [0.1, 0.15) is 11.6 Å². The van der Waals surface area contributed by atoms with E-state index in [-0.39, 0.29) is 11.7 Å². The summed E-state index contributed by atoms with van der Waals surface area (Å²) in [5.41, 5.74) is 1.39. The van der Waals surface area contributed by atoms with Crippen LogP contribution < -0.4 is 4.74 Å². The van der Waals surface area contributed by atoms with E-state index in [2.05, 4.69) is 4.99 Å². The van der Waals surface area contributed by atoms with Crippen molar-refractivity contribution >= 4 is 46.2 Å². The first-order valence-corrected chi connectivity index (χ1v) is 9.10. The second kappa shape index (κ2) is 7.93. The molecule has 0 bridgehead atoms. The lowest BCUT2D eigenvalue weighted by Gasteiger charge is -2.11. The van der Waals surface area contributed by atoms with E-state index in [9.17, 15) is 9.18 Å². The molecule has 26 heavy (non-hydrogen) atoms. The van der Waals surface area contributed by atoms with Crippen LogP contribution in [0.5, 0.6) is 5.75 Å². The number of nitrogens with zero attached hydrogens (tertiary/aromatic N) is 2. The number of likely N-dealkylation sites (N-methyl/N-ethyl adjacent to an activating group) is 1. The molecule has 0 aromatic heterocycles. The third kappa shape index (κ3) is 3.92. The van der Waals surface area contributed by atoms with Crippen molar-refractivity contribution in [3.63, 3.8) is 0 Å². The molecule has 1 saturated heterocycles. The second-order valence-electron chi connectivity index (χ2n) is 5.42. The number of aliphatic imine (C=N–C) groups is 1. The van der Waals surface area contributed by atoms with Crippen LogP contribution in [-0.4, -0.2) is 29.6 Å². The quantitative estimate of drug-likeness (QED) is 0.681. The molecule has 1 fully saturated rings. The van der Waals surface area contributed by atoms with E-state index >= 15 is 0 Å². The van der Waals surface area contributed by atoms with Crippen molar-refractivity contribution in [3.8, 4) is 5.75 Å². The minimum atomic E-state index is -0.326. The maximum absolute atomic E-state index is 13.0. The Morgan fingerprint density at radius 1 is 1.27 bits per heavy atom. The molecule has 1 aliphatic rings. The summed E-state index contributed by atoms with van der Waals surface area (Å²) in [7, 11) is 1.55. The molecule has 7 heteroatoms. The molecule has 0 unspecified atom stereocenters. The highest BCUT2D eigenvalue weighted by Crippen LogP contribution is 2.35. The average molecular weight is 391 g/mol. The highest BCUT2D eigenvalue weighted by Gasteiger charge is 2.32. The molecule has 0 atom stereocenters. The van der Waals surface area contributed by atoms with Gasteiger partial charge >= 0.3 is 0 Å². The van der Waals surface area contributed by atoms with Crippen molar-refractivity contribution in [1.82, 2.24) is 4.90 Å². The zero-order valence-electron chi connectivity index (χ0n) is 14.2. The Hall–Kier alpha value is -2.31. The number of amides is 1. The van der Waals surface area contributed by atoms with E-state index in [0.717, 1.165) is 5.56 Å². The molecule has 0 aliphatic carbocycles. The third-order valence-electron chi connectivity index (χ3n) is 3.73. The minimum absolute atomic E-state index is 0.120. The summed E-state index contributed by atoms with van der Waals surface area (Å²) >= 11 is 7.43. The van der Waals surface area contributed by atoms with Crippen molar-refractivity contribution in [2.24, 2.45) is 4.99 Å². The largest absolute Gasteiger partial charge is 0.495 e. The Labute approximate surface area is 160 Å². The first kappa shape index (κ1) is 18.5. The summed E-state index contributed by atoms with van der Waals surface area (Å²) in [6, 6.07) is 11.2. The second-order valence-corrected chi connectivity index (χ2v) is 6.84. The zero-order chi connectivity index (χ0) is 18.7. The van der Waals surface area contributed by atoms with Crippen LogP contribution >= 0.6 is 23.4 Å². The van der Waals surface area contributed by atoms with Crippen LogP contribution in [0.25, 0.3) is 6.08 Å². The van der Waals surface area contributed by atoms with E-state index in [4.69, 9.17) is 16.3 Å². The van der Waals surface area contributed by atoms with Crippen LogP contribution in [-0.2, 0) is 4.79 Å². The van der Waals surface area contributed by atoms with E-state index in [1.807, 2.05) is 13.0 Å². The first-order chi connectivity index (χ1) is 12.5. The fourth-order valence-corrected chi connectivity index (χ4v) is 3.75. The van der Waals surface area contributed by atoms with Crippen molar-refractivity contribution in [1.29, 1.82) is 0 Å². The Morgan fingerprint density at radius 2 is 2.00 bits per heavy atom. The Morgan fingerprint density at radius 3 is 2.62 bits per heavy atom. The van der Waals surface area contributed by atoms with Gasteiger partial charge in [-0.25, -0.2) is 9.38 Å². The normalized spacial score (nSPS) is 17.4. The maximum atomic E-state index is 13.0. The van der Waals surface area contributed by atoms with E-state index in [1.165, 1.54) is 23.9 Å². The zero-order valence-corrected chi connectivity index (χ0v) is 15.8. The molecule has 0 saturated carbocycles. The number of ether oxygens (including phenoxy) is 1. The lowest BCUT2D eigenvalue weighted by Crippen LogP contribution is -2.28. The summed E-state index contributed by atoms with van der Waals surface area (Å²) in [5.74, 6) is 0.131. The van der Waals surface area contributed by atoms with Gasteiger partial charge in [-0.1, -0.05) is 17.7 Å². The van der Waals surface area contributed by atoms with Crippen molar-refractivity contribution in [2.75, 3.05) is 13.7 Å². The van der Waals surface area contributed by atoms with Crippen LogP contribution in [0.1, 0.15) is 12.5 Å². The Bertz CT molecular complexity index is 897. The molecule has 1 heterocycles. The monoisotopic (exact) mass is 390 g/mol. The lowest BCUT2D eigenvalue weighted by atomic mass is 10.2. The number of benzene rings is 2. The SMILES string of the molecule is CCN1C(=O)/C(=C\c2ccc(OC)c(Cl)c2)SC1=Nc1ccc(F)cc1. The smallest absolute Gasteiger partial charge is 0.266 e. The summed E-state index contributed by atoms with van der Waals surface area (Å²) in [5, 5.41) is 1.04. The molecule has 2 aromatic carbocycles. The number of methoxy groups -OCH3 is 1. The van der Waals surface area contributed by atoms with Crippen LogP contribution in [0.2, 0.25) is 5.02 Å². The van der Waals surface area contributed by atoms with Crippen molar-refractivity contribution in [2.45, 2.75) is 6.92 Å². The van der Waals surface area contributed by atoms with Gasteiger partial charge in [0.05, 0.1) is 22.7 Å². The van der Waals surface area contributed by atoms with Gasteiger partial charge < -0.3 is 4.74 Å². The van der Waals surface area contributed by atoms with Gasteiger partial charge in [-0.15, -0.1) is 0 Å². The minimum Gasteiger partial charge on any atom is -0.495 e. The van der Waals surface area contributed by atoms with E-state index in [1.54, 1.807) is 42.4 Å². The van der Waals surface area contributed by atoms with Gasteiger partial charge in [0.25, 0.3) is 5.91 Å². The highest BCUT2D eigenvalue weighted by atomic mass is 35.5. The van der Waals surface area contributed by atoms with Gasteiger partial charge in [-0.05, 0) is 66.7 Å². The average Bonchev–Trinajstić information content (AvgIpc) is 2.91. The predicted molar refractivity (Wildman–Crippen MR) is 104 cm³/mol. The van der Waals surface area contributed by atoms with Gasteiger partial charge in [0.15, 0.2) is 5.17 Å². The van der Waals surface area contributed by atoms with Gasteiger partial charge in [0, 0.05) is 6.54 Å². The number of halogens is 2. The molecular formula is C19H16ClFN2O2S. The molecule has 2 aromatic rings. The van der Waals surface area contributed by atoms with Gasteiger partial charge in [-0.3, -0.25) is 9.69 Å². The van der Waals surface area contributed by atoms with Crippen LogP contribution in [0.15, 0.2) is 52.4 Å². The molecule has 0 radical (unpaired) electrons. The number of carbonyl (C=O) groups is 1. The fraction of sp³-hybridized carbons (Fsp3) is 0.158. The number of hydrogen-bond acceptors (Lipinski definition) is 4. The molecule has 134 valence electrons. The third-order valence-corrected chi connectivity index (χ3v) is 5.03. The van der Waals surface area contributed by atoms with E-state index < -0.39 is 0 Å². The predicted octanol–water partition coefficient (Wildman–Crippen LogP) is 5.11. The Kier molecular flexibility index (Phi) is 5.64. The number of carbonyl (C=O) groups excluding carboxylic acids is 1. The topological polar surface area (TPSA) is 41.9 Å². The molecule has 0 spiro atoms. The number of rotatable bonds is 4. The van der Waals surface area contributed by atoms with E-state index in [0.29, 0.717) is 33.1 Å². The maximum Gasteiger partial charge on any atom is 0.266 e. The fourth-order valence-electron chi connectivity index (χ4n) is 2.42. The molecule has 4 nitrogen and oxygen atoms in total. The Balaban J connectivity index is 1.91. The number of hydrogen-bond donors (Lipinski definition) is 0. The summed E-state index contributed by atoms with van der Waals surface area (Å²) in [6.07, 6.45) is 1.77. The van der Waals surface area contributed by atoms with Crippen molar-refractivity contribution in [3.05, 3.63) is 63.8 Å².